The first-order valence-corrected chi connectivity index (χ1v) is 9.19. The van der Waals surface area contributed by atoms with Crippen LogP contribution >= 0.6 is 0 Å². The molecule has 0 radical (unpaired) electrons. The number of methoxy groups -OCH3 is 1. The Morgan fingerprint density at radius 2 is 2.15 bits per heavy atom. The Morgan fingerprint density at radius 1 is 1.30 bits per heavy atom. The lowest BCUT2D eigenvalue weighted by Crippen LogP contribution is -2.47. The molecule has 0 bridgehead atoms. The van der Waals surface area contributed by atoms with Crippen molar-refractivity contribution in [3.8, 4) is 5.75 Å². The average Bonchev–Trinajstić information content (AvgIpc) is 2.71. The molecule has 6 heteroatoms. The number of benzene rings is 2. The maximum absolute atomic E-state index is 11.2. The van der Waals surface area contributed by atoms with Crippen molar-refractivity contribution < 1.29 is 19.4 Å². The molecule has 1 aliphatic rings. The number of carboxylic acid groups (broad SMARTS) is 1. The first kappa shape index (κ1) is 19.2. The van der Waals surface area contributed by atoms with Crippen LogP contribution in [0.5, 0.6) is 5.75 Å². The highest BCUT2D eigenvalue weighted by molar-refractivity contribution is 5.88. The molecule has 1 fully saturated rings. The highest BCUT2D eigenvalue weighted by Crippen LogP contribution is 2.19. The third kappa shape index (κ3) is 5.45. The van der Waals surface area contributed by atoms with Crippen LogP contribution in [-0.2, 0) is 11.2 Å². The third-order valence-corrected chi connectivity index (χ3v) is 4.69. The van der Waals surface area contributed by atoms with Crippen molar-refractivity contribution in [3.05, 3.63) is 59.7 Å². The average molecular weight is 370 g/mol. The summed E-state index contributed by atoms with van der Waals surface area (Å²) in [5.41, 5.74) is 2.48. The summed E-state index contributed by atoms with van der Waals surface area (Å²) in [6.07, 6.45) is 1.01. The second kappa shape index (κ2) is 9.39. The summed E-state index contributed by atoms with van der Waals surface area (Å²) in [7, 11) is 1.68. The normalized spacial score (nSPS) is 16.9. The molecule has 1 heterocycles. The van der Waals surface area contributed by atoms with E-state index in [1.54, 1.807) is 25.3 Å². The molecule has 2 N–H and O–H groups in total. The molecule has 3 rings (SSSR count). The first-order valence-electron chi connectivity index (χ1n) is 9.19. The Balaban J connectivity index is 1.47. The molecule has 0 aromatic heterocycles. The van der Waals surface area contributed by atoms with Crippen molar-refractivity contribution in [3.63, 3.8) is 0 Å². The molecule has 2 aromatic carbocycles. The fourth-order valence-electron chi connectivity index (χ4n) is 3.24. The van der Waals surface area contributed by atoms with Crippen molar-refractivity contribution in [2.75, 3.05) is 44.8 Å². The number of ether oxygens (including phenoxy) is 2. The van der Waals surface area contributed by atoms with E-state index < -0.39 is 5.97 Å². The van der Waals surface area contributed by atoms with Gasteiger partial charge in [0.25, 0.3) is 0 Å². The molecule has 1 aliphatic heterocycles. The van der Waals surface area contributed by atoms with Gasteiger partial charge in [-0.05, 0) is 48.9 Å². The van der Waals surface area contributed by atoms with E-state index in [-0.39, 0.29) is 6.10 Å². The Kier molecular flexibility index (Phi) is 6.68. The summed E-state index contributed by atoms with van der Waals surface area (Å²) in [4.78, 5) is 13.4. The van der Waals surface area contributed by atoms with Gasteiger partial charge in [0, 0.05) is 25.3 Å². The molecule has 1 saturated heterocycles. The van der Waals surface area contributed by atoms with Gasteiger partial charge in [0.15, 0.2) is 0 Å². The lowest BCUT2D eigenvalue weighted by Gasteiger charge is -2.34. The number of nitrogens with zero attached hydrogens (tertiary/aromatic N) is 1. The third-order valence-electron chi connectivity index (χ3n) is 4.69. The van der Waals surface area contributed by atoms with Gasteiger partial charge >= 0.3 is 5.97 Å². The number of carbonyl (C=O) groups is 1. The van der Waals surface area contributed by atoms with Gasteiger partial charge in [-0.3, -0.25) is 0 Å². The van der Waals surface area contributed by atoms with Crippen molar-refractivity contribution in [2.45, 2.75) is 12.5 Å². The van der Waals surface area contributed by atoms with Crippen LogP contribution in [0.15, 0.2) is 48.5 Å². The van der Waals surface area contributed by atoms with Crippen molar-refractivity contribution in [1.82, 2.24) is 5.32 Å². The second-order valence-electron chi connectivity index (χ2n) is 6.60. The van der Waals surface area contributed by atoms with E-state index in [0.717, 1.165) is 44.0 Å². The summed E-state index contributed by atoms with van der Waals surface area (Å²) in [6, 6.07) is 15.2. The van der Waals surface area contributed by atoms with Gasteiger partial charge in [-0.15, -0.1) is 0 Å². The number of morpholine rings is 1. The summed E-state index contributed by atoms with van der Waals surface area (Å²) < 4.78 is 11.1. The molecule has 0 aliphatic carbocycles. The zero-order valence-electron chi connectivity index (χ0n) is 15.6. The summed E-state index contributed by atoms with van der Waals surface area (Å²) in [6.45, 7) is 3.78. The van der Waals surface area contributed by atoms with Gasteiger partial charge in [-0.25, -0.2) is 4.79 Å². The number of rotatable bonds is 8. The SMILES string of the molecule is COc1cccc(CCNCC2CN(c3cccc(C(=O)O)c3)CCO2)c1. The van der Waals surface area contributed by atoms with Crippen LogP contribution in [0.2, 0.25) is 0 Å². The predicted octanol–water partition coefficient (Wildman–Crippen LogP) is 2.43. The van der Waals surface area contributed by atoms with Gasteiger partial charge in [0.05, 0.1) is 25.4 Å². The van der Waals surface area contributed by atoms with Crippen molar-refractivity contribution in [1.29, 1.82) is 0 Å². The Morgan fingerprint density at radius 3 is 2.96 bits per heavy atom. The van der Waals surface area contributed by atoms with Gasteiger partial charge in [0.2, 0.25) is 0 Å². The Hall–Kier alpha value is -2.57. The number of aromatic carboxylic acids is 1. The van der Waals surface area contributed by atoms with Crippen LogP contribution in [0.4, 0.5) is 5.69 Å². The number of anilines is 1. The molecule has 0 amide bonds. The minimum absolute atomic E-state index is 0.0811. The lowest BCUT2D eigenvalue weighted by atomic mass is 10.1. The van der Waals surface area contributed by atoms with E-state index in [9.17, 15) is 4.79 Å². The minimum atomic E-state index is -0.902. The fourth-order valence-corrected chi connectivity index (χ4v) is 3.24. The van der Waals surface area contributed by atoms with E-state index in [0.29, 0.717) is 12.2 Å². The predicted molar refractivity (Wildman–Crippen MR) is 105 cm³/mol. The van der Waals surface area contributed by atoms with E-state index in [2.05, 4.69) is 22.3 Å². The van der Waals surface area contributed by atoms with E-state index in [4.69, 9.17) is 14.6 Å². The van der Waals surface area contributed by atoms with Crippen LogP contribution in [0.3, 0.4) is 0 Å². The molecule has 0 spiro atoms. The highest BCUT2D eigenvalue weighted by Gasteiger charge is 2.21. The van der Waals surface area contributed by atoms with Gasteiger partial charge in [-0.2, -0.15) is 0 Å². The molecule has 144 valence electrons. The molecule has 27 heavy (non-hydrogen) atoms. The van der Waals surface area contributed by atoms with E-state index >= 15 is 0 Å². The maximum Gasteiger partial charge on any atom is 0.335 e. The molecule has 0 saturated carbocycles. The second-order valence-corrected chi connectivity index (χ2v) is 6.60. The van der Waals surface area contributed by atoms with Crippen LogP contribution < -0.4 is 15.0 Å². The summed E-state index contributed by atoms with van der Waals surface area (Å²) in [5, 5.41) is 12.6. The largest absolute Gasteiger partial charge is 0.497 e. The quantitative estimate of drug-likeness (QED) is 0.696. The minimum Gasteiger partial charge on any atom is -0.497 e. The van der Waals surface area contributed by atoms with Gasteiger partial charge in [-0.1, -0.05) is 18.2 Å². The van der Waals surface area contributed by atoms with Crippen LogP contribution in [0.1, 0.15) is 15.9 Å². The number of carboxylic acids is 1. The van der Waals surface area contributed by atoms with Crippen LogP contribution in [0.25, 0.3) is 0 Å². The standard InChI is InChI=1S/C21H26N2O4/c1-26-19-7-2-4-16(12-19)8-9-22-14-20-15-23(10-11-27-20)18-6-3-5-17(13-18)21(24)25/h2-7,12-13,20,22H,8-11,14-15H2,1H3,(H,24,25). The van der Waals surface area contributed by atoms with Gasteiger partial charge in [0.1, 0.15) is 5.75 Å². The van der Waals surface area contributed by atoms with Gasteiger partial charge < -0.3 is 24.8 Å². The van der Waals surface area contributed by atoms with Crippen molar-refractivity contribution in [2.24, 2.45) is 0 Å². The molecular formula is C21H26N2O4. The van der Waals surface area contributed by atoms with E-state index in [1.807, 2.05) is 18.2 Å². The zero-order valence-corrected chi connectivity index (χ0v) is 15.6. The molecule has 2 aromatic rings. The smallest absolute Gasteiger partial charge is 0.335 e. The molecule has 1 unspecified atom stereocenters. The molecular weight excluding hydrogens is 344 g/mol. The fraction of sp³-hybridized carbons (Fsp3) is 0.381. The number of nitrogens with one attached hydrogen (secondary N) is 1. The molecule has 1 atom stereocenters. The van der Waals surface area contributed by atoms with Crippen LogP contribution in [0, 0.1) is 0 Å². The Labute approximate surface area is 159 Å². The van der Waals surface area contributed by atoms with Crippen LogP contribution in [-0.4, -0.2) is 57.1 Å². The number of hydrogen-bond acceptors (Lipinski definition) is 5. The summed E-state index contributed by atoms with van der Waals surface area (Å²) in [5.74, 6) is -0.0248. The number of hydrogen-bond donors (Lipinski definition) is 2. The first-order chi connectivity index (χ1) is 13.2. The zero-order chi connectivity index (χ0) is 19.1. The van der Waals surface area contributed by atoms with Crippen molar-refractivity contribution >= 4 is 11.7 Å². The summed E-state index contributed by atoms with van der Waals surface area (Å²) >= 11 is 0. The Bertz CT molecular complexity index is 765. The topological polar surface area (TPSA) is 71.0 Å². The maximum atomic E-state index is 11.2. The molecule has 6 nitrogen and oxygen atoms in total. The monoisotopic (exact) mass is 370 g/mol. The highest BCUT2D eigenvalue weighted by atomic mass is 16.5. The van der Waals surface area contributed by atoms with E-state index in [1.165, 1.54) is 5.56 Å². The lowest BCUT2D eigenvalue weighted by molar-refractivity contribution is 0.0411.